The van der Waals surface area contributed by atoms with Gasteiger partial charge in [0.05, 0.1) is 11.1 Å². The van der Waals surface area contributed by atoms with E-state index in [-0.39, 0.29) is 18.0 Å². The average molecular weight is 401 g/mol. The normalized spacial score (nSPS) is 15.3. The molecule has 4 rings (SSSR count). The van der Waals surface area contributed by atoms with Gasteiger partial charge in [0.1, 0.15) is 30.2 Å². The van der Waals surface area contributed by atoms with E-state index in [0.29, 0.717) is 18.1 Å². The second kappa shape index (κ2) is 7.38. The van der Waals surface area contributed by atoms with E-state index < -0.39 is 23.4 Å². The second-order valence-corrected chi connectivity index (χ2v) is 6.13. The van der Waals surface area contributed by atoms with Crippen molar-refractivity contribution in [3.63, 3.8) is 0 Å². The number of allylic oxidation sites excluding steroid dienone is 1. The fourth-order valence-electron chi connectivity index (χ4n) is 2.88. The highest BCUT2D eigenvalue weighted by Gasteiger charge is 2.36. The van der Waals surface area contributed by atoms with Crippen molar-refractivity contribution >= 4 is 11.7 Å². The first kappa shape index (κ1) is 18.7. The minimum absolute atomic E-state index is 0.144. The van der Waals surface area contributed by atoms with Gasteiger partial charge in [-0.05, 0) is 30.3 Å². The van der Waals surface area contributed by atoms with E-state index in [1.165, 1.54) is 18.5 Å². The highest BCUT2D eigenvalue weighted by molar-refractivity contribution is 6.06. The predicted molar refractivity (Wildman–Crippen MR) is 97.3 cm³/mol. The van der Waals surface area contributed by atoms with Gasteiger partial charge in [0.25, 0.3) is 5.91 Å². The number of benzene rings is 1. The molecular formula is C19H14F3N5O2. The van der Waals surface area contributed by atoms with Gasteiger partial charge in [0.2, 0.25) is 0 Å². The van der Waals surface area contributed by atoms with Crippen LogP contribution >= 0.6 is 0 Å². The van der Waals surface area contributed by atoms with Crippen molar-refractivity contribution < 1.29 is 22.7 Å². The quantitative estimate of drug-likeness (QED) is 0.583. The molecule has 7 nitrogen and oxygen atoms in total. The van der Waals surface area contributed by atoms with Crippen molar-refractivity contribution in [3.8, 4) is 17.3 Å². The third kappa shape index (κ3) is 3.82. The molecule has 0 saturated heterocycles. The summed E-state index contributed by atoms with van der Waals surface area (Å²) in [6, 6.07) is 8.20. The molecule has 0 spiro atoms. The zero-order chi connectivity index (χ0) is 20.4. The summed E-state index contributed by atoms with van der Waals surface area (Å²) in [6.07, 6.45) is 0.110. The first-order valence-electron chi connectivity index (χ1n) is 8.58. The van der Waals surface area contributed by atoms with Crippen molar-refractivity contribution in [2.24, 2.45) is 0 Å². The number of rotatable bonds is 0. The second-order valence-electron chi connectivity index (χ2n) is 6.13. The van der Waals surface area contributed by atoms with Gasteiger partial charge >= 0.3 is 6.18 Å². The SMILES string of the molecule is O=C1Nc2cccc(n2)-c2nncn2C/C=C\COc2c1cccc2C(F)(F)F. The van der Waals surface area contributed by atoms with Gasteiger partial charge in [0.15, 0.2) is 5.82 Å². The van der Waals surface area contributed by atoms with Crippen LogP contribution in [0.15, 0.2) is 54.9 Å². The molecule has 29 heavy (non-hydrogen) atoms. The number of fused-ring (bicyclic) bond motifs is 5. The number of carbonyl (C=O) groups is 1. The van der Waals surface area contributed by atoms with Crippen LogP contribution in [0.5, 0.6) is 5.75 Å². The van der Waals surface area contributed by atoms with Crippen LogP contribution < -0.4 is 10.1 Å². The maximum absolute atomic E-state index is 13.4. The Kier molecular flexibility index (Phi) is 4.75. The molecular weight excluding hydrogens is 387 g/mol. The Bertz CT molecular complexity index is 1090. The number of aromatic nitrogens is 4. The van der Waals surface area contributed by atoms with Crippen LogP contribution in [0.25, 0.3) is 11.5 Å². The molecule has 0 atom stereocenters. The number of ether oxygens (including phenoxy) is 1. The molecule has 0 unspecified atom stereocenters. The minimum Gasteiger partial charge on any atom is -0.488 e. The lowest BCUT2D eigenvalue weighted by Crippen LogP contribution is -2.18. The van der Waals surface area contributed by atoms with Gasteiger partial charge < -0.3 is 14.6 Å². The van der Waals surface area contributed by atoms with E-state index in [1.54, 1.807) is 28.9 Å². The molecule has 3 aromatic rings. The number of nitrogens with zero attached hydrogens (tertiary/aromatic N) is 4. The van der Waals surface area contributed by atoms with E-state index in [2.05, 4.69) is 20.5 Å². The number of anilines is 1. The molecule has 1 aliphatic heterocycles. The smallest absolute Gasteiger partial charge is 0.419 e. The maximum Gasteiger partial charge on any atom is 0.419 e. The third-order valence-electron chi connectivity index (χ3n) is 4.19. The fourth-order valence-corrected chi connectivity index (χ4v) is 2.88. The number of hydrogen-bond donors (Lipinski definition) is 1. The minimum atomic E-state index is -4.67. The summed E-state index contributed by atoms with van der Waals surface area (Å²) in [4.78, 5) is 17.0. The van der Waals surface area contributed by atoms with Crippen LogP contribution in [0.4, 0.5) is 19.0 Å². The number of hydrogen-bond acceptors (Lipinski definition) is 5. The Hall–Kier alpha value is -3.69. The highest BCUT2D eigenvalue weighted by Crippen LogP contribution is 2.38. The van der Waals surface area contributed by atoms with E-state index in [4.69, 9.17) is 4.74 Å². The highest BCUT2D eigenvalue weighted by atomic mass is 19.4. The number of carbonyl (C=O) groups excluding carboxylic acids is 1. The van der Waals surface area contributed by atoms with E-state index in [9.17, 15) is 18.0 Å². The molecule has 0 saturated carbocycles. The monoisotopic (exact) mass is 401 g/mol. The largest absolute Gasteiger partial charge is 0.488 e. The number of alkyl halides is 3. The van der Waals surface area contributed by atoms with Gasteiger partial charge in [0, 0.05) is 6.54 Å². The van der Waals surface area contributed by atoms with Crippen LogP contribution in [-0.2, 0) is 12.7 Å². The Balaban J connectivity index is 1.81. The zero-order valence-corrected chi connectivity index (χ0v) is 14.8. The summed E-state index contributed by atoms with van der Waals surface area (Å²) in [5, 5.41) is 10.4. The van der Waals surface area contributed by atoms with Gasteiger partial charge in [-0.15, -0.1) is 10.2 Å². The van der Waals surface area contributed by atoms with Gasteiger partial charge in [-0.25, -0.2) is 4.98 Å². The fraction of sp³-hybridized carbons (Fsp3) is 0.158. The maximum atomic E-state index is 13.4. The lowest BCUT2D eigenvalue weighted by atomic mass is 10.1. The number of halogens is 3. The molecule has 0 fully saturated rings. The first-order chi connectivity index (χ1) is 13.9. The Morgan fingerprint density at radius 3 is 2.76 bits per heavy atom. The summed E-state index contributed by atoms with van der Waals surface area (Å²) >= 11 is 0. The summed E-state index contributed by atoms with van der Waals surface area (Å²) < 4.78 is 47.4. The third-order valence-corrected chi connectivity index (χ3v) is 4.19. The number of pyridine rings is 1. The average Bonchev–Trinajstić information content (AvgIpc) is 3.15. The summed E-state index contributed by atoms with van der Waals surface area (Å²) in [7, 11) is 0. The topological polar surface area (TPSA) is 81.9 Å². The molecule has 1 N–H and O–H groups in total. The lowest BCUT2D eigenvalue weighted by molar-refractivity contribution is -0.138. The van der Waals surface area contributed by atoms with Gasteiger partial charge in [-0.3, -0.25) is 4.79 Å². The van der Waals surface area contributed by atoms with Crippen molar-refractivity contribution in [1.82, 2.24) is 19.7 Å². The van der Waals surface area contributed by atoms with Crippen LogP contribution in [0, 0.1) is 0 Å². The number of para-hydroxylation sites is 1. The predicted octanol–water partition coefficient (Wildman–Crippen LogP) is 3.56. The molecule has 10 heteroatoms. The van der Waals surface area contributed by atoms with Crippen molar-refractivity contribution in [3.05, 3.63) is 66.0 Å². The summed E-state index contributed by atoms with van der Waals surface area (Å²) in [5.74, 6) is -0.639. The summed E-state index contributed by atoms with van der Waals surface area (Å²) in [6.45, 7) is 0.228. The van der Waals surface area contributed by atoms with Gasteiger partial charge in [-0.2, -0.15) is 13.2 Å². The van der Waals surface area contributed by atoms with E-state index in [1.807, 2.05) is 0 Å². The van der Waals surface area contributed by atoms with E-state index in [0.717, 1.165) is 12.1 Å². The Morgan fingerprint density at radius 1 is 1.10 bits per heavy atom. The number of nitrogens with one attached hydrogen (secondary N) is 1. The van der Waals surface area contributed by atoms with Crippen molar-refractivity contribution in [2.45, 2.75) is 12.7 Å². The Labute approximate surface area is 162 Å². The van der Waals surface area contributed by atoms with Gasteiger partial charge in [-0.1, -0.05) is 18.2 Å². The Morgan fingerprint density at radius 2 is 1.93 bits per heavy atom. The number of amides is 1. The molecule has 3 heterocycles. The standard InChI is InChI=1S/C19H14F3N5O2/c20-19(21,22)13-6-3-5-12-16(13)29-10-2-1-9-27-11-23-26-17(27)14-7-4-8-15(24-14)25-18(12)28/h1-8,11H,9-10H2,(H,24,25,28)/b2-1-. The van der Waals surface area contributed by atoms with Crippen LogP contribution in [0.1, 0.15) is 15.9 Å². The van der Waals surface area contributed by atoms with Crippen LogP contribution in [-0.4, -0.2) is 32.3 Å². The lowest BCUT2D eigenvalue weighted by Gasteiger charge is -2.17. The summed E-state index contributed by atoms with van der Waals surface area (Å²) in [5.41, 5.74) is -0.791. The van der Waals surface area contributed by atoms with Crippen molar-refractivity contribution in [2.75, 3.05) is 11.9 Å². The van der Waals surface area contributed by atoms with Crippen molar-refractivity contribution in [1.29, 1.82) is 0 Å². The molecule has 148 valence electrons. The molecule has 2 bridgehead atoms. The van der Waals surface area contributed by atoms with Crippen LogP contribution in [0.3, 0.4) is 0 Å². The molecule has 0 radical (unpaired) electrons. The zero-order valence-electron chi connectivity index (χ0n) is 14.8. The molecule has 1 aromatic carbocycles. The molecule has 1 aliphatic rings. The van der Waals surface area contributed by atoms with E-state index >= 15 is 0 Å². The van der Waals surface area contributed by atoms with Crippen LogP contribution in [0.2, 0.25) is 0 Å². The molecule has 1 amide bonds. The molecule has 2 aromatic heterocycles. The molecule has 0 aliphatic carbocycles. The first-order valence-corrected chi connectivity index (χ1v) is 8.58.